The Bertz CT molecular complexity index is 854. The van der Waals surface area contributed by atoms with Gasteiger partial charge in [0.25, 0.3) is 15.9 Å². The lowest BCUT2D eigenvalue weighted by atomic mass is 10.2. The second kappa shape index (κ2) is 9.53. The summed E-state index contributed by atoms with van der Waals surface area (Å²) >= 11 is 0. The summed E-state index contributed by atoms with van der Waals surface area (Å²) in [6, 6.07) is 14.9. The summed E-state index contributed by atoms with van der Waals surface area (Å²) in [6.07, 6.45) is 1.61. The van der Waals surface area contributed by atoms with Gasteiger partial charge in [0.2, 0.25) is 0 Å². The fraction of sp³-hybridized carbons (Fsp3) is 0.350. The fourth-order valence-corrected chi connectivity index (χ4v) is 4.12. The number of nitrogens with two attached hydrogens (primary N) is 1. The maximum absolute atomic E-state index is 13.3. The van der Waals surface area contributed by atoms with E-state index in [0.717, 1.165) is 12.8 Å². The molecule has 0 aliphatic heterocycles. The van der Waals surface area contributed by atoms with Gasteiger partial charge >= 0.3 is 0 Å². The van der Waals surface area contributed by atoms with Crippen LogP contribution in [0.5, 0.6) is 0 Å². The molecule has 0 spiro atoms. The average molecular weight is 390 g/mol. The second-order valence-corrected chi connectivity index (χ2v) is 8.27. The predicted molar refractivity (Wildman–Crippen MR) is 108 cm³/mol. The number of para-hydroxylation sites is 1. The first-order valence-electron chi connectivity index (χ1n) is 9.09. The van der Waals surface area contributed by atoms with Crippen LogP contribution in [0, 0.1) is 0 Å². The van der Waals surface area contributed by atoms with Crippen molar-refractivity contribution in [1.82, 2.24) is 5.32 Å². The van der Waals surface area contributed by atoms with Crippen molar-refractivity contribution in [3.05, 3.63) is 60.2 Å². The molecule has 1 amide bonds. The first-order chi connectivity index (χ1) is 12.9. The van der Waals surface area contributed by atoms with Crippen LogP contribution in [0.3, 0.4) is 0 Å². The van der Waals surface area contributed by atoms with E-state index in [9.17, 15) is 13.2 Å². The van der Waals surface area contributed by atoms with Crippen molar-refractivity contribution in [1.29, 1.82) is 0 Å². The minimum Gasteiger partial charge on any atom is -0.348 e. The molecule has 1 atom stereocenters. The molecule has 2 rings (SSSR count). The molecule has 27 heavy (non-hydrogen) atoms. The van der Waals surface area contributed by atoms with Gasteiger partial charge in [-0.15, -0.1) is 0 Å². The van der Waals surface area contributed by atoms with Crippen molar-refractivity contribution in [2.45, 2.75) is 37.6 Å². The van der Waals surface area contributed by atoms with Crippen LogP contribution in [0.1, 0.15) is 37.0 Å². The van der Waals surface area contributed by atoms with Gasteiger partial charge in [-0.1, -0.05) is 37.6 Å². The lowest BCUT2D eigenvalue weighted by Crippen LogP contribution is -2.38. The molecule has 3 N–H and O–H groups in total. The molecule has 0 aromatic heterocycles. The molecule has 2 aromatic carbocycles. The van der Waals surface area contributed by atoms with E-state index in [1.807, 2.05) is 25.1 Å². The Morgan fingerprint density at radius 2 is 1.85 bits per heavy atom. The Hall–Kier alpha value is -2.38. The smallest absolute Gasteiger partial charge is 0.264 e. The van der Waals surface area contributed by atoms with Gasteiger partial charge in [-0.3, -0.25) is 9.10 Å². The minimum absolute atomic E-state index is 0.0931. The Morgan fingerprint density at radius 1 is 1.15 bits per heavy atom. The topological polar surface area (TPSA) is 92.5 Å². The zero-order valence-electron chi connectivity index (χ0n) is 15.8. The number of nitrogens with one attached hydrogen (secondary N) is 1. The molecule has 0 unspecified atom stereocenters. The molecule has 0 bridgehead atoms. The van der Waals surface area contributed by atoms with E-state index in [-0.39, 0.29) is 16.8 Å². The largest absolute Gasteiger partial charge is 0.348 e. The van der Waals surface area contributed by atoms with E-state index in [1.165, 1.54) is 16.4 Å². The molecular weight excluding hydrogens is 362 g/mol. The van der Waals surface area contributed by atoms with Crippen LogP contribution < -0.4 is 15.4 Å². The number of amides is 1. The number of anilines is 1. The second-order valence-electron chi connectivity index (χ2n) is 6.40. The standard InChI is InChI=1S/C20H27N3O3S/c1-3-4-13-23(18-10-6-5-7-11-18)27(25,26)19-12-8-9-17(14-19)20(24)22-16(2)15-21/h5-12,14,16H,3-4,13,15,21H2,1-2H3,(H,22,24)/t16-/m0/s1. The molecule has 146 valence electrons. The lowest BCUT2D eigenvalue weighted by molar-refractivity contribution is 0.0941. The van der Waals surface area contributed by atoms with E-state index in [0.29, 0.717) is 24.3 Å². The van der Waals surface area contributed by atoms with Crippen molar-refractivity contribution >= 4 is 21.6 Å². The number of hydrogen-bond acceptors (Lipinski definition) is 4. The molecule has 0 saturated carbocycles. The van der Waals surface area contributed by atoms with E-state index in [2.05, 4.69) is 5.32 Å². The minimum atomic E-state index is -3.79. The molecule has 0 saturated heterocycles. The summed E-state index contributed by atoms with van der Waals surface area (Å²) in [5.74, 6) is -0.343. The fourth-order valence-electron chi connectivity index (χ4n) is 2.58. The van der Waals surface area contributed by atoms with Crippen molar-refractivity contribution in [3.8, 4) is 0 Å². The van der Waals surface area contributed by atoms with Gasteiger partial charge in [-0.2, -0.15) is 0 Å². The first-order valence-corrected chi connectivity index (χ1v) is 10.5. The number of benzene rings is 2. The summed E-state index contributed by atoms with van der Waals surface area (Å²) in [4.78, 5) is 12.4. The molecule has 0 fully saturated rings. The van der Waals surface area contributed by atoms with Gasteiger partial charge in [-0.25, -0.2) is 8.42 Å². The summed E-state index contributed by atoms with van der Waals surface area (Å²) in [5.41, 5.74) is 6.43. The van der Waals surface area contributed by atoms with Gasteiger partial charge in [0.1, 0.15) is 0 Å². The van der Waals surface area contributed by atoms with Gasteiger partial charge in [-0.05, 0) is 43.7 Å². The van der Waals surface area contributed by atoms with Gasteiger partial charge < -0.3 is 11.1 Å². The quantitative estimate of drug-likeness (QED) is 0.690. The summed E-state index contributed by atoms with van der Waals surface area (Å²) < 4.78 is 27.9. The maximum atomic E-state index is 13.3. The summed E-state index contributed by atoms with van der Waals surface area (Å²) in [5, 5.41) is 2.75. The molecule has 2 aromatic rings. The number of rotatable bonds is 9. The third kappa shape index (κ3) is 5.30. The van der Waals surface area contributed by atoms with Crippen LogP contribution in [-0.2, 0) is 10.0 Å². The highest BCUT2D eigenvalue weighted by Gasteiger charge is 2.25. The third-order valence-electron chi connectivity index (χ3n) is 4.17. The highest BCUT2D eigenvalue weighted by atomic mass is 32.2. The van der Waals surface area contributed by atoms with E-state index in [1.54, 1.807) is 31.2 Å². The van der Waals surface area contributed by atoms with Crippen LogP contribution in [-0.4, -0.2) is 33.5 Å². The zero-order valence-corrected chi connectivity index (χ0v) is 16.6. The Kier molecular flexibility index (Phi) is 7.38. The van der Waals surface area contributed by atoms with Crippen LogP contribution in [0.15, 0.2) is 59.5 Å². The zero-order chi connectivity index (χ0) is 19.9. The number of carbonyl (C=O) groups is 1. The molecule has 0 radical (unpaired) electrons. The molecule has 0 aliphatic rings. The van der Waals surface area contributed by atoms with E-state index in [4.69, 9.17) is 5.73 Å². The van der Waals surface area contributed by atoms with Crippen molar-refractivity contribution in [3.63, 3.8) is 0 Å². The van der Waals surface area contributed by atoms with Crippen molar-refractivity contribution in [2.24, 2.45) is 5.73 Å². The SMILES string of the molecule is CCCCN(c1ccccc1)S(=O)(=O)c1cccc(C(=O)N[C@@H](C)CN)c1. The van der Waals surface area contributed by atoms with Gasteiger partial charge in [0.15, 0.2) is 0 Å². The molecular formula is C20H27N3O3S. The summed E-state index contributed by atoms with van der Waals surface area (Å²) in [6.45, 7) is 4.49. The number of hydrogen-bond donors (Lipinski definition) is 2. The first kappa shape index (κ1) is 20.9. The van der Waals surface area contributed by atoms with Gasteiger partial charge in [0.05, 0.1) is 10.6 Å². The Morgan fingerprint density at radius 3 is 2.48 bits per heavy atom. The predicted octanol–water partition coefficient (Wildman–Crippen LogP) is 2.76. The third-order valence-corrected chi connectivity index (χ3v) is 6.00. The Balaban J connectivity index is 2.38. The molecule has 7 heteroatoms. The van der Waals surface area contributed by atoms with Crippen LogP contribution in [0.2, 0.25) is 0 Å². The lowest BCUT2D eigenvalue weighted by Gasteiger charge is -2.24. The van der Waals surface area contributed by atoms with Crippen molar-refractivity contribution < 1.29 is 13.2 Å². The van der Waals surface area contributed by atoms with E-state index < -0.39 is 10.0 Å². The number of unbranched alkanes of at least 4 members (excludes halogenated alkanes) is 1. The van der Waals surface area contributed by atoms with Gasteiger partial charge in [0, 0.05) is 24.7 Å². The van der Waals surface area contributed by atoms with Crippen LogP contribution in [0.25, 0.3) is 0 Å². The monoisotopic (exact) mass is 389 g/mol. The highest BCUT2D eigenvalue weighted by molar-refractivity contribution is 7.92. The maximum Gasteiger partial charge on any atom is 0.264 e. The number of sulfonamides is 1. The van der Waals surface area contributed by atoms with Crippen LogP contribution in [0.4, 0.5) is 5.69 Å². The normalized spacial score (nSPS) is 12.4. The highest BCUT2D eigenvalue weighted by Crippen LogP contribution is 2.24. The number of carbonyl (C=O) groups excluding carboxylic acids is 1. The summed E-state index contributed by atoms with van der Waals surface area (Å²) in [7, 11) is -3.79. The number of nitrogens with zero attached hydrogens (tertiary/aromatic N) is 1. The molecule has 0 aliphatic carbocycles. The van der Waals surface area contributed by atoms with E-state index >= 15 is 0 Å². The molecule has 0 heterocycles. The van der Waals surface area contributed by atoms with Crippen molar-refractivity contribution in [2.75, 3.05) is 17.4 Å². The molecule has 6 nitrogen and oxygen atoms in total. The van der Waals surface area contributed by atoms with Crippen LogP contribution >= 0.6 is 0 Å². The average Bonchev–Trinajstić information content (AvgIpc) is 2.69. The Labute approximate surface area is 161 Å².